The van der Waals surface area contributed by atoms with E-state index in [0.717, 1.165) is 5.56 Å². The Bertz CT molecular complexity index is 322. The number of ether oxygens (including phenoxy) is 1. The standard InChI is InChI=1S/C9H8O2S/c10-9-5-8(12)6-3-1-2-4-7(6)11-9/h1-4,8,12H,5H2. The summed E-state index contributed by atoms with van der Waals surface area (Å²) < 4.78 is 5.01. The molecule has 0 fully saturated rings. The maximum absolute atomic E-state index is 11.0. The van der Waals surface area contributed by atoms with Crippen molar-refractivity contribution in [1.29, 1.82) is 0 Å². The zero-order valence-electron chi connectivity index (χ0n) is 6.36. The van der Waals surface area contributed by atoms with Crippen LogP contribution in [0.15, 0.2) is 24.3 Å². The van der Waals surface area contributed by atoms with E-state index in [-0.39, 0.29) is 11.2 Å². The van der Waals surface area contributed by atoms with Crippen LogP contribution in [0.3, 0.4) is 0 Å². The maximum Gasteiger partial charge on any atom is 0.312 e. The number of benzene rings is 1. The summed E-state index contributed by atoms with van der Waals surface area (Å²) in [5.74, 6) is 0.447. The van der Waals surface area contributed by atoms with Crippen LogP contribution >= 0.6 is 12.6 Å². The highest BCUT2D eigenvalue weighted by Crippen LogP contribution is 2.35. The number of para-hydroxylation sites is 1. The molecule has 1 atom stereocenters. The van der Waals surface area contributed by atoms with Gasteiger partial charge < -0.3 is 4.74 Å². The van der Waals surface area contributed by atoms with Crippen LogP contribution < -0.4 is 4.74 Å². The van der Waals surface area contributed by atoms with Crippen molar-refractivity contribution in [2.24, 2.45) is 0 Å². The van der Waals surface area contributed by atoms with Gasteiger partial charge in [-0.2, -0.15) is 12.6 Å². The first-order chi connectivity index (χ1) is 5.77. The Morgan fingerprint density at radius 1 is 1.42 bits per heavy atom. The fourth-order valence-corrected chi connectivity index (χ4v) is 1.64. The monoisotopic (exact) mass is 180 g/mol. The summed E-state index contributed by atoms with van der Waals surface area (Å²) in [5, 5.41) is -0.0116. The highest BCUT2D eigenvalue weighted by Gasteiger charge is 2.23. The second-order valence-electron chi connectivity index (χ2n) is 2.73. The normalized spacial score (nSPS) is 21.4. The Morgan fingerprint density at radius 3 is 3.00 bits per heavy atom. The smallest absolute Gasteiger partial charge is 0.312 e. The first-order valence-electron chi connectivity index (χ1n) is 3.75. The van der Waals surface area contributed by atoms with E-state index in [1.807, 2.05) is 18.2 Å². The molecule has 1 heterocycles. The highest BCUT2D eigenvalue weighted by atomic mass is 32.1. The Kier molecular flexibility index (Phi) is 1.81. The lowest BCUT2D eigenvalue weighted by Gasteiger charge is -2.19. The van der Waals surface area contributed by atoms with Crippen LogP contribution in [0.2, 0.25) is 0 Å². The van der Waals surface area contributed by atoms with Crippen molar-refractivity contribution in [3.63, 3.8) is 0 Å². The largest absolute Gasteiger partial charge is 0.426 e. The topological polar surface area (TPSA) is 26.3 Å². The van der Waals surface area contributed by atoms with Crippen molar-refractivity contribution in [1.82, 2.24) is 0 Å². The van der Waals surface area contributed by atoms with Crippen LogP contribution in [0.25, 0.3) is 0 Å². The molecule has 2 rings (SSSR count). The summed E-state index contributed by atoms with van der Waals surface area (Å²) in [5.41, 5.74) is 1.00. The van der Waals surface area contributed by atoms with Crippen molar-refractivity contribution in [2.45, 2.75) is 11.7 Å². The van der Waals surface area contributed by atoms with Gasteiger partial charge in [0.25, 0.3) is 0 Å². The Balaban J connectivity index is 2.47. The van der Waals surface area contributed by atoms with Gasteiger partial charge in [0.1, 0.15) is 5.75 Å². The van der Waals surface area contributed by atoms with Gasteiger partial charge in [0, 0.05) is 10.8 Å². The van der Waals surface area contributed by atoms with E-state index < -0.39 is 0 Å². The Labute approximate surface area is 76.0 Å². The lowest BCUT2D eigenvalue weighted by atomic mass is 10.1. The maximum atomic E-state index is 11.0. The lowest BCUT2D eigenvalue weighted by Crippen LogP contribution is -2.17. The minimum absolute atomic E-state index is 0.0116. The number of carbonyl (C=O) groups excluding carboxylic acids is 1. The molecule has 0 spiro atoms. The third-order valence-corrected chi connectivity index (χ3v) is 2.32. The zero-order chi connectivity index (χ0) is 8.55. The van der Waals surface area contributed by atoms with Gasteiger partial charge in [0.15, 0.2) is 0 Å². The molecule has 0 N–H and O–H groups in total. The van der Waals surface area contributed by atoms with E-state index in [0.29, 0.717) is 12.2 Å². The van der Waals surface area contributed by atoms with Gasteiger partial charge in [-0.05, 0) is 6.07 Å². The third kappa shape index (κ3) is 1.20. The van der Waals surface area contributed by atoms with Crippen molar-refractivity contribution in [3.05, 3.63) is 29.8 Å². The zero-order valence-corrected chi connectivity index (χ0v) is 7.25. The van der Waals surface area contributed by atoms with Gasteiger partial charge in [0.05, 0.1) is 6.42 Å². The summed E-state index contributed by atoms with van der Waals surface area (Å²) >= 11 is 4.30. The molecular formula is C9H8O2S. The third-order valence-electron chi connectivity index (χ3n) is 1.86. The van der Waals surface area contributed by atoms with Gasteiger partial charge in [-0.15, -0.1) is 0 Å². The van der Waals surface area contributed by atoms with Crippen LogP contribution in [-0.4, -0.2) is 5.97 Å². The molecule has 0 bridgehead atoms. The Hall–Kier alpha value is -0.960. The van der Waals surface area contributed by atoms with Gasteiger partial charge >= 0.3 is 5.97 Å². The molecule has 0 amide bonds. The minimum Gasteiger partial charge on any atom is -0.426 e. The molecule has 1 aliphatic heterocycles. The number of hydrogen-bond donors (Lipinski definition) is 1. The average Bonchev–Trinajstić information content (AvgIpc) is 2.04. The van der Waals surface area contributed by atoms with Gasteiger partial charge in [-0.1, -0.05) is 18.2 Å². The summed E-state index contributed by atoms with van der Waals surface area (Å²) in [6.45, 7) is 0. The van der Waals surface area contributed by atoms with Crippen LogP contribution in [-0.2, 0) is 4.79 Å². The van der Waals surface area contributed by atoms with E-state index in [1.54, 1.807) is 6.07 Å². The number of fused-ring (bicyclic) bond motifs is 1. The van der Waals surface area contributed by atoms with Gasteiger partial charge in [-0.25, -0.2) is 0 Å². The number of hydrogen-bond acceptors (Lipinski definition) is 3. The molecule has 0 saturated carbocycles. The first-order valence-corrected chi connectivity index (χ1v) is 4.26. The molecule has 1 aromatic carbocycles. The van der Waals surface area contributed by atoms with E-state index in [9.17, 15) is 4.79 Å². The molecule has 62 valence electrons. The molecule has 0 aromatic heterocycles. The second-order valence-corrected chi connectivity index (χ2v) is 3.36. The minimum atomic E-state index is -0.200. The average molecular weight is 180 g/mol. The van der Waals surface area contributed by atoms with Gasteiger partial charge in [0.2, 0.25) is 0 Å². The van der Waals surface area contributed by atoms with Crippen LogP contribution in [0, 0.1) is 0 Å². The quantitative estimate of drug-likeness (QED) is 0.375. The SMILES string of the molecule is O=C1CC(S)c2ccccc2O1. The number of thiol groups is 1. The fraction of sp³-hybridized carbons (Fsp3) is 0.222. The van der Waals surface area contributed by atoms with Crippen molar-refractivity contribution in [2.75, 3.05) is 0 Å². The van der Waals surface area contributed by atoms with Gasteiger partial charge in [-0.3, -0.25) is 4.79 Å². The molecule has 1 aromatic rings. The van der Waals surface area contributed by atoms with E-state index >= 15 is 0 Å². The van der Waals surface area contributed by atoms with Crippen molar-refractivity contribution >= 4 is 18.6 Å². The summed E-state index contributed by atoms with van der Waals surface area (Å²) in [6.07, 6.45) is 0.361. The van der Waals surface area contributed by atoms with Crippen LogP contribution in [0.4, 0.5) is 0 Å². The second kappa shape index (κ2) is 2.83. The molecular weight excluding hydrogens is 172 g/mol. The predicted molar refractivity (Wildman–Crippen MR) is 48.4 cm³/mol. The van der Waals surface area contributed by atoms with E-state index in [1.165, 1.54) is 0 Å². The van der Waals surface area contributed by atoms with Crippen molar-refractivity contribution in [3.8, 4) is 5.75 Å². The van der Waals surface area contributed by atoms with Crippen LogP contribution in [0.5, 0.6) is 5.75 Å². The fourth-order valence-electron chi connectivity index (χ4n) is 1.28. The molecule has 2 nitrogen and oxygen atoms in total. The Morgan fingerprint density at radius 2 is 2.17 bits per heavy atom. The number of esters is 1. The first kappa shape index (κ1) is 7.68. The highest BCUT2D eigenvalue weighted by molar-refractivity contribution is 7.80. The molecule has 1 unspecified atom stereocenters. The van der Waals surface area contributed by atoms with E-state index in [2.05, 4.69) is 12.6 Å². The summed E-state index contributed by atoms with van der Waals surface area (Å²) in [4.78, 5) is 11.0. The predicted octanol–water partition coefficient (Wildman–Crippen LogP) is 1.97. The number of rotatable bonds is 0. The van der Waals surface area contributed by atoms with Crippen LogP contribution in [0.1, 0.15) is 17.2 Å². The van der Waals surface area contributed by atoms with Crippen molar-refractivity contribution < 1.29 is 9.53 Å². The molecule has 1 aliphatic rings. The molecule has 3 heteroatoms. The summed E-state index contributed by atoms with van der Waals surface area (Å²) in [6, 6.07) is 7.48. The molecule has 12 heavy (non-hydrogen) atoms. The number of carbonyl (C=O) groups is 1. The van der Waals surface area contributed by atoms with E-state index in [4.69, 9.17) is 4.74 Å². The molecule has 0 radical (unpaired) electrons. The molecule has 0 aliphatic carbocycles. The summed E-state index contributed by atoms with van der Waals surface area (Å²) in [7, 11) is 0. The lowest BCUT2D eigenvalue weighted by molar-refractivity contribution is -0.135. The molecule has 0 saturated heterocycles.